The molecule has 59 heavy (non-hydrogen) atoms. The Bertz CT molecular complexity index is 1380. The predicted molar refractivity (Wildman–Crippen MR) is 213 cm³/mol. The third-order valence-electron chi connectivity index (χ3n) is 10.0. The number of hydrogen-bond acceptors (Lipinski definition) is 16. The average molecular weight is 846 g/mol. The van der Waals surface area contributed by atoms with Gasteiger partial charge < -0.3 is 35.3 Å². The van der Waals surface area contributed by atoms with Gasteiger partial charge in [-0.1, -0.05) is 33.8 Å². The molecule has 0 heterocycles. The van der Waals surface area contributed by atoms with Gasteiger partial charge in [0.15, 0.2) is 11.5 Å². The fraction of sp³-hybridized carbons (Fsp3) is 0.750. The van der Waals surface area contributed by atoms with Crippen molar-refractivity contribution in [1.29, 1.82) is 0 Å². The van der Waals surface area contributed by atoms with Gasteiger partial charge in [0, 0.05) is 45.4 Å². The smallest absolute Gasteiger partial charge is 0.306 e. The molecule has 0 saturated carbocycles. The number of carbonyl (C=O) groups excluding carboxylic acids is 4. The SMILES string of the molecule is COCCCOc1cc(CC(CC(NC(=O)CCCCON(O)O)C(CC(C(=O)NCC(C)(C)C(N)=O)C(C)C)OC(=O)CCCCON(O)O)C(C)C)ccc1OC. The Morgan fingerprint density at radius 3 is 1.97 bits per heavy atom. The van der Waals surface area contributed by atoms with E-state index < -0.39 is 46.1 Å². The molecule has 1 aromatic rings. The first-order chi connectivity index (χ1) is 27.8. The maximum atomic E-state index is 13.8. The van der Waals surface area contributed by atoms with Gasteiger partial charge in [-0.25, -0.2) is 0 Å². The lowest BCUT2D eigenvalue weighted by atomic mass is 9.80. The van der Waals surface area contributed by atoms with E-state index in [2.05, 4.69) is 34.2 Å². The highest BCUT2D eigenvalue weighted by atomic mass is 17.1. The summed E-state index contributed by atoms with van der Waals surface area (Å²) in [6, 6.07) is 4.96. The number of esters is 1. The van der Waals surface area contributed by atoms with Crippen LogP contribution < -0.4 is 25.8 Å². The molecule has 0 fully saturated rings. The van der Waals surface area contributed by atoms with Crippen LogP contribution in [0.25, 0.3) is 0 Å². The fourth-order valence-corrected chi connectivity index (χ4v) is 6.18. The Balaban J connectivity index is 3.60. The van der Waals surface area contributed by atoms with Crippen molar-refractivity contribution in [2.24, 2.45) is 34.8 Å². The maximum Gasteiger partial charge on any atom is 0.306 e. The monoisotopic (exact) mass is 845 g/mol. The van der Waals surface area contributed by atoms with Gasteiger partial charge in [0.1, 0.15) is 6.10 Å². The molecule has 8 N–H and O–H groups in total. The van der Waals surface area contributed by atoms with E-state index in [1.807, 2.05) is 32.0 Å². The lowest BCUT2D eigenvalue weighted by molar-refractivity contribution is -0.492. The number of nitrogens with two attached hydrogens (primary N) is 1. The van der Waals surface area contributed by atoms with Crippen LogP contribution in [0.15, 0.2) is 18.2 Å². The quantitative estimate of drug-likeness (QED) is 0.0294. The van der Waals surface area contributed by atoms with E-state index in [1.54, 1.807) is 28.1 Å². The summed E-state index contributed by atoms with van der Waals surface area (Å²) in [6.07, 6.45) is 1.91. The van der Waals surface area contributed by atoms with Crippen molar-refractivity contribution >= 4 is 23.7 Å². The molecule has 19 heteroatoms. The first-order valence-corrected chi connectivity index (χ1v) is 20.3. The van der Waals surface area contributed by atoms with Crippen LogP contribution in [0.2, 0.25) is 0 Å². The van der Waals surface area contributed by atoms with Crippen LogP contribution in [0, 0.1) is 29.1 Å². The van der Waals surface area contributed by atoms with Gasteiger partial charge in [0.2, 0.25) is 17.7 Å². The minimum Gasteiger partial charge on any atom is -0.493 e. The molecular weight excluding hydrogens is 774 g/mol. The van der Waals surface area contributed by atoms with Gasteiger partial charge in [-0.15, -0.1) is 0 Å². The molecule has 0 aromatic heterocycles. The molecule has 0 aliphatic carbocycles. The van der Waals surface area contributed by atoms with Crippen molar-refractivity contribution in [1.82, 2.24) is 21.4 Å². The van der Waals surface area contributed by atoms with E-state index in [0.717, 1.165) is 5.56 Å². The second-order valence-electron chi connectivity index (χ2n) is 16.0. The number of benzene rings is 1. The lowest BCUT2D eigenvalue weighted by Gasteiger charge is -2.35. The molecule has 0 spiro atoms. The van der Waals surface area contributed by atoms with Gasteiger partial charge in [0.05, 0.1) is 49.2 Å². The first-order valence-electron chi connectivity index (χ1n) is 20.3. The number of primary amides is 1. The van der Waals surface area contributed by atoms with Gasteiger partial charge in [-0.05, 0) is 94.2 Å². The zero-order chi connectivity index (χ0) is 44.5. The summed E-state index contributed by atoms with van der Waals surface area (Å²) >= 11 is 0. The minimum atomic E-state index is -1.02. The van der Waals surface area contributed by atoms with Crippen molar-refractivity contribution in [3.63, 3.8) is 0 Å². The van der Waals surface area contributed by atoms with E-state index in [0.29, 0.717) is 63.2 Å². The normalized spacial score (nSPS) is 14.0. The number of amides is 3. The fourth-order valence-electron chi connectivity index (χ4n) is 6.18. The van der Waals surface area contributed by atoms with E-state index in [4.69, 9.17) is 45.5 Å². The van der Waals surface area contributed by atoms with Gasteiger partial charge >= 0.3 is 5.97 Å². The number of carbonyl (C=O) groups is 4. The maximum absolute atomic E-state index is 13.8. The van der Waals surface area contributed by atoms with Gasteiger partial charge in [0.25, 0.3) is 0 Å². The molecule has 0 aliphatic heterocycles. The Kier molecular flexibility index (Phi) is 26.0. The zero-order valence-corrected chi connectivity index (χ0v) is 36.1. The summed E-state index contributed by atoms with van der Waals surface area (Å²) in [5.74, 6) is -1.68. The highest BCUT2D eigenvalue weighted by molar-refractivity contribution is 5.83. The Labute approximate surface area is 348 Å². The second-order valence-corrected chi connectivity index (χ2v) is 16.0. The molecule has 0 saturated heterocycles. The van der Waals surface area contributed by atoms with Crippen LogP contribution in [0.1, 0.15) is 105 Å². The first kappa shape index (κ1) is 53.4. The molecular formula is C40H71N5O14. The van der Waals surface area contributed by atoms with Crippen LogP contribution in [0.5, 0.6) is 11.5 Å². The molecule has 4 unspecified atom stereocenters. The third kappa shape index (κ3) is 22.5. The van der Waals surface area contributed by atoms with E-state index in [9.17, 15) is 19.2 Å². The molecule has 1 aromatic carbocycles. The number of rotatable bonds is 33. The third-order valence-corrected chi connectivity index (χ3v) is 10.0. The van der Waals surface area contributed by atoms with Crippen LogP contribution in [-0.2, 0) is 44.7 Å². The van der Waals surface area contributed by atoms with E-state index >= 15 is 0 Å². The minimum absolute atomic E-state index is 0.0143. The summed E-state index contributed by atoms with van der Waals surface area (Å²) in [5, 5.41) is 40.5. The molecule has 3 amide bonds. The van der Waals surface area contributed by atoms with Gasteiger partial charge in [-0.2, -0.15) is 0 Å². The largest absolute Gasteiger partial charge is 0.493 e. The number of methoxy groups -OCH3 is 2. The molecule has 0 radical (unpaired) electrons. The number of unbranched alkanes of at least 4 members (excludes halogenated alkanes) is 2. The Morgan fingerprint density at radius 2 is 1.42 bits per heavy atom. The Hall–Kier alpha value is -3.66. The topological polar surface area (TPSA) is 261 Å². The number of nitrogens with one attached hydrogen (secondary N) is 2. The molecule has 0 bridgehead atoms. The van der Waals surface area contributed by atoms with Crippen molar-refractivity contribution in [2.75, 3.05) is 47.2 Å². The molecule has 19 nitrogen and oxygen atoms in total. The molecule has 340 valence electrons. The van der Waals surface area contributed by atoms with Crippen molar-refractivity contribution in [3.8, 4) is 11.5 Å². The molecule has 4 atom stereocenters. The zero-order valence-electron chi connectivity index (χ0n) is 36.1. The second kappa shape index (κ2) is 28.7. The van der Waals surface area contributed by atoms with Crippen molar-refractivity contribution in [3.05, 3.63) is 23.8 Å². The van der Waals surface area contributed by atoms with Crippen LogP contribution in [-0.4, -0.2) is 115 Å². The van der Waals surface area contributed by atoms with Crippen LogP contribution >= 0.6 is 0 Å². The summed E-state index contributed by atoms with van der Waals surface area (Å²) < 4.78 is 22.9. The van der Waals surface area contributed by atoms with E-state index in [1.165, 1.54) is 0 Å². The average Bonchev–Trinajstić information content (AvgIpc) is 3.15. The summed E-state index contributed by atoms with van der Waals surface area (Å²) in [4.78, 5) is 62.2. The molecule has 0 aliphatic rings. The van der Waals surface area contributed by atoms with Crippen LogP contribution in [0.4, 0.5) is 0 Å². The summed E-state index contributed by atoms with van der Waals surface area (Å²) in [6.45, 7) is 11.9. The van der Waals surface area contributed by atoms with Crippen molar-refractivity contribution < 1.29 is 68.6 Å². The number of nitrogens with zero attached hydrogens (tertiary/aromatic N) is 2. The number of hydrogen-bond donors (Lipinski definition) is 7. The highest BCUT2D eigenvalue weighted by Gasteiger charge is 2.36. The summed E-state index contributed by atoms with van der Waals surface area (Å²) in [5.41, 5.74) is 5.49. The van der Waals surface area contributed by atoms with Crippen LogP contribution in [0.3, 0.4) is 0 Å². The number of ether oxygens (including phenoxy) is 4. The van der Waals surface area contributed by atoms with Gasteiger partial charge in [-0.3, -0.25) is 49.7 Å². The standard InChI is InChI=1S/C40H71N5O14/c1-27(2)30(22-29-16-17-33(55-8)35(23-29)56-19-13-18-54-7)24-32(43-36(46)14-9-11-20-57-44(50)51)34(59-37(47)15-10-12-21-58-45(52)53)25-31(28(3)4)38(48)42-26-40(5,6)39(41)49/h16-17,23,27-28,30-32,34,50-53H,9-15,18-22,24-26H2,1-8H3,(H2,41,49)(H,42,48)(H,43,46). The Morgan fingerprint density at radius 1 is 0.797 bits per heavy atom. The predicted octanol–water partition coefficient (Wildman–Crippen LogP) is 4.37. The molecule has 1 rings (SSSR count). The van der Waals surface area contributed by atoms with E-state index in [-0.39, 0.29) is 75.0 Å². The summed E-state index contributed by atoms with van der Waals surface area (Å²) in [7, 11) is 3.19. The lowest BCUT2D eigenvalue weighted by Crippen LogP contribution is -2.50. The highest BCUT2D eigenvalue weighted by Crippen LogP contribution is 2.33. The van der Waals surface area contributed by atoms with Crippen molar-refractivity contribution in [2.45, 2.75) is 118 Å².